The molecule has 4 nitrogen and oxygen atoms in total. The maximum absolute atomic E-state index is 12.7. The maximum Gasteiger partial charge on any atom is 0.350 e. The Morgan fingerprint density at radius 1 is 1.13 bits per heavy atom. The average molecular weight is 432 g/mol. The number of rotatable bonds is 5. The molecule has 0 unspecified atom stereocenters. The van der Waals surface area contributed by atoms with Gasteiger partial charge in [0.2, 0.25) is 0 Å². The van der Waals surface area contributed by atoms with Gasteiger partial charge in [0.05, 0.1) is 12.8 Å². The molecule has 5 heteroatoms. The Hall–Kier alpha value is -1.62. The fourth-order valence-electron chi connectivity index (χ4n) is 4.73. The number of carbonyl (C=O) groups excluding carboxylic acids is 2. The molecule has 0 aliphatic heterocycles. The first kappa shape index (κ1) is 23.1. The molecule has 2 aliphatic rings. The van der Waals surface area contributed by atoms with E-state index in [0.29, 0.717) is 29.4 Å². The van der Waals surface area contributed by atoms with E-state index in [9.17, 15) is 9.59 Å². The van der Waals surface area contributed by atoms with Crippen molar-refractivity contribution in [1.82, 2.24) is 0 Å². The second kappa shape index (κ2) is 9.25. The van der Waals surface area contributed by atoms with E-state index in [1.165, 1.54) is 36.2 Å². The van der Waals surface area contributed by atoms with Gasteiger partial charge >= 0.3 is 5.97 Å². The number of hydrogen-bond acceptors (Lipinski definition) is 5. The highest BCUT2D eigenvalue weighted by molar-refractivity contribution is 7.14. The van der Waals surface area contributed by atoms with Crippen LogP contribution in [0.2, 0.25) is 0 Å². The molecule has 0 saturated heterocycles. The molecule has 0 bridgehead atoms. The lowest BCUT2D eigenvalue weighted by Crippen LogP contribution is -2.40. The van der Waals surface area contributed by atoms with Gasteiger partial charge in [0.1, 0.15) is 10.7 Å². The van der Waals surface area contributed by atoms with Crippen LogP contribution in [0.5, 0.6) is 0 Å². The monoisotopic (exact) mass is 431 g/mol. The van der Waals surface area contributed by atoms with E-state index in [4.69, 9.17) is 4.74 Å². The summed E-state index contributed by atoms with van der Waals surface area (Å²) in [5.74, 6) is 1.26. The number of nitrogens with zero attached hydrogens (tertiary/aromatic N) is 1. The Balaban J connectivity index is 2.03. The quantitative estimate of drug-likeness (QED) is 0.500. The van der Waals surface area contributed by atoms with Crippen molar-refractivity contribution in [3.05, 3.63) is 28.1 Å². The van der Waals surface area contributed by atoms with Crippen LogP contribution in [0.25, 0.3) is 0 Å². The number of allylic oxidation sites excluding steroid dienone is 1. The van der Waals surface area contributed by atoms with E-state index in [2.05, 4.69) is 45.2 Å². The standard InChI is InChI=1S/C25H37NO3S/c1-16-7-9-18(10-8-16)17(2)26(19-11-13-20(27)14-12-19)21-15-22(25(3,4)5)30-23(21)24(28)29-6/h15-16,18-19H,2,7-14H2,1,3-6H3. The fourth-order valence-corrected chi connectivity index (χ4v) is 5.85. The van der Waals surface area contributed by atoms with Crippen molar-refractivity contribution >= 4 is 28.8 Å². The van der Waals surface area contributed by atoms with Gasteiger partial charge in [-0.25, -0.2) is 4.79 Å². The topological polar surface area (TPSA) is 46.6 Å². The third-order valence-corrected chi connectivity index (χ3v) is 8.29. The number of esters is 1. The number of hydrogen-bond donors (Lipinski definition) is 0. The highest BCUT2D eigenvalue weighted by Gasteiger charge is 2.35. The van der Waals surface area contributed by atoms with E-state index < -0.39 is 0 Å². The molecule has 0 spiro atoms. The SMILES string of the molecule is C=C(C1CCC(C)CC1)N(c1cc(C(C)(C)C)sc1C(=O)OC)C1CCC(=O)CC1. The van der Waals surface area contributed by atoms with E-state index in [0.717, 1.165) is 43.0 Å². The summed E-state index contributed by atoms with van der Waals surface area (Å²) in [6, 6.07) is 2.38. The highest BCUT2D eigenvalue weighted by Crippen LogP contribution is 2.44. The van der Waals surface area contributed by atoms with Crippen LogP contribution in [0.4, 0.5) is 5.69 Å². The largest absolute Gasteiger partial charge is 0.465 e. The van der Waals surface area contributed by atoms with Crippen molar-refractivity contribution < 1.29 is 14.3 Å². The first-order valence-corrected chi connectivity index (χ1v) is 12.2. The highest BCUT2D eigenvalue weighted by atomic mass is 32.1. The van der Waals surface area contributed by atoms with Gasteiger partial charge < -0.3 is 9.64 Å². The number of ketones is 1. The molecule has 0 aromatic carbocycles. The smallest absolute Gasteiger partial charge is 0.350 e. The van der Waals surface area contributed by atoms with Crippen LogP contribution < -0.4 is 4.90 Å². The molecule has 1 heterocycles. The zero-order valence-corrected chi connectivity index (χ0v) is 20.1. The van der Waals surface area contributed by atoms with Crippen LogP contribution in [0.15, 0.2) is 18.3 Å². The summed E-state index contributed by atoms with van der Waals surface area (Å²) in [5, 5.41) is 0. The van der Waals surface area contributed by atoms with Crippen LogP contribution in [-0.4, -0.2) is 24.9 Å². The maximum atomic E-state index is 12.7. The minimum absolute atomic E-state index is 0.0541. The van der Waals surface area contributed by atoms with Gasteiger partial charge in [0.15, 0.2) is 0 Å². The van der Waals surface area contributed by atoms with Gasteiger partial charge in [0, 0.05) is 29.5 Å². The molecule has 30 heavy (non-hydrogen) atoms. The van der Waals surface area contributed by atoms with Gasteiger partial charge in [-0.1, -0.05) is 47.1 Å². The molecular weight excluding hydrogens is 394 g/mol. The van der Waals surface area contributed by atoms with Crippen molar-refractivity contribution in [3.8, 4) is 0 Å². The summed E-state index contributed by atoms with van der Waals surface area (Å²) < 4.78 is 5.16. The van der Waals surface area contributed by atoms with E-state index in [1.54, 1.807) is 0 Å². The molecule has 2 saturated carbocycles. The summed E-state index contributed by atoms with van der Waals surface area (Å²) in [6.07, 6.45) is 7.60. The summed E-state index contributed by atoms with van der Waals surface area (Å²) in [5.41, 5.74) is 1.99. The van der Waals surface area contributed by atoms with E-state index in [-0.39, 0.29) is 17.4 Å². The number of Topliss-reactive ketones (excluding diaryl/α,β-unsaturated/α-hetero) is 1. The molecule has 1 aromatic heterocycles. The zero-order valence-electron chi connectivity index (χ0n) is 19.3. The predicted molar refractivity (Wildman–Crippen MR) is 124 cm³/mol. The lowest BCUT2D eigenvalue weighted by atomic mass is 9.80. The third kappa shape index (κ3) is 4.99. The molecule has 0 N–H and O–H groups in total. The Kier molecular flexibility index (Phi) is 7.11. The van der Waals surface area contributed by atoms with Crippen LogP contribution in [0.3, 0.4) is 0 Å². The lowest BCUT2D eigenvalue weighted by Gasteiger charge is -2.41. The van der Waals surface area contributed by atoms with Crippen LogP contribution >= 0.6 is 11.3 Å². The van der Waals surface area contributed by atoms with Crippen molar-refractivity contribution in [2.75, 3.05) is 12.0 Å². The van der Waals surface area contributed by atoms with Crippen molar-refractivity contribution in [1.29, 1.82) is 0 Å². The molecule has 2 fully saturated rings. The number of ether oxygens (including phenoxy) is 1. The van der Waals surface area contributed by atoms with Gasteiger partial charge in [-0.2, -0.15) is 0 Å². The summed E-state index contributed by atoms with van der Waals surface area (Å²) >= 11 is 1.53. The first-order chi connectivity index (χ1) is 14.1. The van der Waals surface area contributed by atoms with Gasteiger partial charge in [-0.05, 0) is 49.0 Å². The predicted octanol–water partition coefficient (Wildman–Crippen LogP) is 6.49. The van der Waals surface area contributed by atoms with Crippen molar-refractivity contribution in [2.45, 2.75) is 90.5 Å². The Labute approximate surface area is 185 Å². The van der Waals surface area contributed by atoms with Crippen LogP contribution in [0.1, 0.15) is 93.6 Å². The lowest BCUT2D eigenvalue weighted by molar-refractivity contribution is -0.120. The molecule has 0 radical (unpaired) electrons. The van der Waals surface area contributed by atoms with Gasteiger partial charge in [0.25, 0.3) is 0 Å². The minimum Gasteiger partial charge on any atom is -0.465 e. The minimum atomic E-state index is -0.285. The summed E-state index contributed by atoms with van der Waals surface area (Å²) in [6.45, 7) is 13.4. The number of carbonyl (C=O) groups is 2. The van der Waals surface area contributed by atoms with Crippen molar-refractivity contribution in [2.24, 2.45) is 11.8 Å². The van der Waals surface area contributed by atoms with Crippen LogP contribution in [0, 0.1) is 11.8 Å². The number of methoxy groups -OCH3 is 1. The summed E-state index contributed by atoms with van der Waals surface area (Å²) in [4.78, 5) is 28.8. The van der Waals surface area contributed by atoms with Crippen molar-refractivity contribution in [3.63, 3.8) is 0 Å². The van der Waals surface area contributed by atoms with Gasteiger partial charge in [-0.3, -0.25) is 4.79 Å². The molecule has 166 valence electrons. The first-order valence-electron chi connectivity index (χ1n) is 11.3. The molecule has 0 amide bonds. The summed E-state index contributed by atoms with van der Waals surface area (Å²) in [7, 11) is 1.45. The number of thiophene rings is 1. The molecule has 3 rings (SSSR count). The second-order valence-electron chi connectivity index (χ2n) is 10.2. The van der Waals surface area contributed by atoms with Gasteiger partial charge in [-0.15, -0.1) is 11.3 Å². The second-order valence-corrected chi connectivity index (χ2v) is 11.2. The Morgan fingerprint density at radius 3 is 2.27 bits per heavy atom. The molecular formula is C25H37NO3S. The normalized spacial score (nSPS) is 23.3. The average Bonchev–Trinajstić information content (AvgIpc) is 3.15. The Bertz CT molecular complexity index is 786. The third-order valence-electron chi connectivity index (χ3n) is 6.76. The molecule has 1 aromatic rings. The molecule has 0 atom stereocenters. The van der Waals surface area contributed by atoms with Crippen LogP contribution in [-0.2, 0) is 14.9 Å². The fraction of sp³-hybridized carbons (Fsp3) is 0.680. The number of anilines is 1. The van der Waals surface area contributed by atoms with E-state index in [1.807, 2.05) is 0 Å². The van der Waals surface area contributed by atoms with E-state index >= 15 is 0 Å². The zero-order chi connectivity index (χ0) is 22.1. The molecule has 2 aliphatic carbocycles. The Morgan fingerprint density at radius 2 is 1.73 bits per heavy atom.